The Morgan fingerprint density at radius 2 is 2.05 bits per heavy atom. The molecular weight excluding hydrogens is 238 g/mol. The van der Waals surface area contributed by atoms with Crippen LogP contribution in [0, 0.1) is 23.2 Å². The van der Waals surface area contributed by atoms with Gasteiger partial charge in [0.2, 0.25) is 5.91 Å². The van der Waals surface area contributed by atoms with Gasteiger partial charge in [0, 0.05) is 20.1 Å². The number of carbonyl (C=O) groups is 1. The summed E-state index contributed by atoms with van der Waals surface area (Å²) in [7, 11) is 3.58. The standard InChI is InChI=1S/C15H27N3O/c1-5-8-18(11-15(19)17(3)4)14-9-12(2)6-7-13(14)10-16/h12-14H,5-9,11H2,1-4H3. The SMILES string of the molecule is CCCN(CC(=O)N(C)C)C1CC(C)CCC1C#N. The van der Waals surface area contributed by atoms with E-state index in [0.717, 1.165) is 32.2 Å². The molecule has 108 valence electrons. The summed E-state index contributed by atoms with van der Waals surface area (Å²) in [6, 6.07) is 2.70. The van der Waals surface area contributed by atoms with E-state index >= 15 is 0 Å². The molecule has 0 saturated heterocycles. The molecule has 0 bridgehead atoms. The zero-order chi connectivity index (χ0) is 14.4. The van der Waals surface area contributed by atoms with Crippen molar-refractivity contribution in [3.63, 3.8) is 0 Å². The van der Waals surface area contributed by atoms with Gasteiger partial charge in [0.05, 0.1) is 18.5 Å². The molecule has 1 fully saturated rings. The van der Waals surface area contributed by atoms with Gasteiger partial charge < -0.3 is 4.90 Å². The fourth-order valence-electron chi connectivity index (χ4n) is 2.87. The van der Waals surface area contributed by atoms with Crippen LogP contribution < -0.4 is 0 Å². The summed E-state index contributed by atoms with van der Waals surface area (Å²) >= 11 is 0. The monoisotopic (exact) mass is 265 g/mol. The molecule has 0 aliphatic heterocycles. The molecule has 0 heterocycles. The van der Waals surface area contributed by atoms with Crippen LogP contribution in [0.1, 0.15) is 39.5 Å². The average molecular weight is 265 g/mol. The lowest BCUT2D eigenvalue weighted by Gasteiger charge is -2.39. The van der Waals surface area contributed by atoms with E-state index < -0.39 is 0 Å². The Hall–Kier alpha value is -1.08. The molecule has 1 saturated carbocycles. The minimum Gasteiger partial charge on any atom is -0.348 e. The topological polar surface area (TPSA) is 47.3 Å². The zero-order valence-corrected chi connectivity index (χ0v) is 12.7. The number of nitrogens with zero attached hydrogens (tertiary/aromatic N) is 3. The molecule has 3 atom stereocenters. The lowest BCUT2D eigenvalue weighted by atomic mass is 9.79. The summed E-state index contributed by atoms with van der Waals surface area (Å²) in [4.78, 5) is 15.8. The molecule has 3 unspecified atom stereocenters. The highest BCUT2D eigenvalue weighted by Gasteiger charge is 2.33. The smallest absolute Gasteiger partial charge is 0.236 e. The van der Waals surface area contributed by atoms with Crippen LogP contribution in [0.25, 0.3) is 0 Å². The second-order valence-electron chi connectivity index (χ2n) is 5.98. The molecule has 19 heavy (non-hydrogen) atoms. The van der Waals surface area contributed by atoms with Gasteiger partial charge in [-0.2, -0.15) is 5.26 Å². The van der Waals surface area contributed by atoms with Crippen LogP contribution in [0.15, 0.2) is 0 Å². The van der Waals surface area contributed by atoms with Gasteiger partial charge >= 0.3 is 0 Å². The van der Waals surface area contributed by atoms with E-state index in [2.05, 4.69) is 24.8 Å². The Morgan fingerprint density at radius 3 is 2.58 bits per heavy atom. The third kappa shape index (κ3) is 4.50. The average Bonchev–Trinajstić information content (AvgIpc) is 2.37. The van der Waals surface area contributed by atoms with Gasteiger partial charge in [0.1, 0.15) is 0 Å². The van der Waals surface area contributed by atoms with Crippen molar-refractivity contribution in [3.05, 3.63) is 0 Å². The van der Waals surface area contributed by atoms with Crippen molar-refractivity contribution in [2.75, 3.05) is 27.2 Å². The number of nitriles is 1. The second-order valence-corrected chi connectivity index (χ2v) is 5.98. The molecule has 1 rings (SSSR count). The second kappa shape index (κ2) is 7.49. The van der Waals surface area contributed by atoms with Crippen LogP contribution in [0.5, 0.6) is 0 Å². The van der Waals surface area contributed by atoms with Crippen molar-refractivity contribution < 1.29 is 4.79 Å². The molecule has 0 spiro atoms. The van der Waals surface area contributed by atoms with Crippen LogP contribution >= 0.6 is 0 Å². The van der Waals surface area contributed by atoms with Gasteiger partial charge in [0.15, 0.2) is 0 Å². The highest BCUT2D eigenvalue weighted by molar-refractivity contribution is 5.77. The highest BCUT2D eigenvalue weighted by Crippen LogP contribution is 2.32. The highest BCUT2D eigenvalue weighted by atomic mass is 16.2. The molecular formula is C15H27N3O. The van der Waals surface area contributed by atoms with Crippen molar-refractivity contribution in [1.82, 2.24) is 9.80 Å². The predicted octanol–water partition coefficient (Wildman–Crippen LogP) is 2.11. The van der Waals surface area contributed by atoms with Crippen molar-refractivity contribution in [2.45, 2.75) is 45.6 Å². The van der Waals surface area contributed by atoms with E-state index in [-0.39, 0.29) is 17.9 Å². The van der Waals surface area contributed by atoms with Crippen LogP contribution in [0.2, 0.25) is 0 Å². The maximum absolute atomic E-state index is 11.9. The Balaban J connectivity index is 2.77. The minimum absolute atomic E-state index is 0.0812. The normalized spacial score (nSPS) is 27.1. The first-order valence-corrected chi connectivity index (χ1v) is 7.33. The number of hydrogen-bond acceptors (Lipinski definition) is 3. The van der Waals surface area contributed by atoms with E-state index in [0.29, 0.717) is 12.5 Å². The number of hydrogen-bond donors (Lipinski definition) is 0. The maximum Gasteiger partial charge on any atom is 0.236 e. The molecule has 4 nitrogen and oxygen atoms in total. The van der Waals surface area contributed by atoms with Gasteiger partial charge in [-0.05, 0) is 38.1 Å². The van der Waals surface area contributed by atoms with E-state index in [1.54, 1.807) is 19.0 Å². The lowest BCUT2D eigenvalue weighted by Crippen LogP contribution is -2.48. The first-order chi connectivity index (χ1) is 8.99. The number of rotatable bonds is 5. The van der Waals surface area contributed by atoms with E-state index in [4.69, 9.17) is 0 Å². The molecule has 4 heteroatoms. The van der Waals surface area contributed by atoms with Gasteiger partial charge in [-0.25, -0.2) is 0 Å². The fourth-order valence-corrected chi connectivity index (χ4v) is 2.87. The van der Waals surface area contributed by atoms with Crippen molar-refractivity contribution in [3.8, 4) is 6.07 Å². The Labute approximate surface area is 117 Å². The van der Waals surface area contributed by atoms with Crippen LogP contribution in [0.4, 0.5) is 0 Å². The fraction of sp³-hybridized carbons (Fsp3) is 0.867. The number of amides is 1. The summed E-state index contributed by atoms with van der Waals surface area (Å²) in [5.74, 6) is 0.865. The van der Waals surface area contributed by atoms with Gasteiger partial charge in [-0.15, -0.1) is 0 Å². The van der Waals surface area contributed by atoms with Crippen LogP contribution in [-0.4, -0.2) is 48.9 Å². The Bertz CT molecular complexity index is 335. The molecule has 1 amide bonds. The van der Waals surface area contributed by atoms with Gasteiger partial charge in [-0.3, -0.25) is 9.69 Å². The van der Waals surface area contributed by atoms with Gasteiger partial charge in [-0.1, -0.05) is 13.8 Å². The Kier molecular flexibility index (Phi) is 6.30. The molecule has 0 aromatic heterocycles. The van der Waals surface area contributed by atoms with E-state index in [1.165, 1.54) is 0 Å². The Morgan fingerprint density at radius 1 is 1.37 bits per heavy atom. The quantitative estimate of drug-likeness (QED) is 0.765. The summed E-state index contributed by atoms with van der Waals surface area (Å²) in [6.07, 6.45) is 4.16. The predicted molar refractivity (Wildman–Crippen MR) is 76.5 cm³/mol. The van der Waals surface area contributed by atoms with Gasteiger partial charge in [0.25, 0.3) is 0 Å². The third-order valence-corrected chi connectivity index (χ3v) is 4.06. The first kappa shape index (κ1) is 16.0. The van der Waals surface area contributed by atoms with E-state index in [9.17, 15) is 10.1 Å². The molecule has 1 aliphatic carbocycles. The number of likely N-dealkylation sites (N-methyl/N-ethyl adjacent to an activating group) is 1. The molecule has 0 N–H and O–H groups in total. The van der Waals surface area contributed by atoms with Crippen molar-refractivity contribution in [2.24, 2.45) is 11.8 Å². The van der Waals surface area contributed by atoms with E-state index in [1.807, 2.05) is 0 Å². The summed E-state index contributed by atoms with van der Waals surface area (Å²) in [6.45, 7) is 5.71. The lowest BCUT2D eigenvalue weighted by molar-refractivity contribution is -0.131. The molecule has 1 aliphatic rings. The first-order valence-electron chi connectivity index (χ1n) is 7.33. The van der Waals surface area contributed by atoms with Crippen LogP contribution in [-0.2, 0) is 4.79 Å². The molecule has 0 aromatic rings. The van der Waals surface area contributed by atoms with Crippen molar-refractivity contribution >= 4 is 5.91 Å². The number of carbonyl (C=O) groups excluding carboxylic acids is 1. The minimum atomic E-state index is 0.0812. The zero-order valence-electron chi connectivity index (χ0n) is 12.7. The summed E-state index contributed by atoms with van der Waals surface area (Å²) < 4.78 is 0. The summed E-state index contributed by atoms with van der Waals surface area (Å²) in [5, 5.41) is 9.34. The molecule has 0 aromatic carbocycles. The maximum atomic E-state index is 11.9. The summed E-state index contributed by atoms with van der Waals surface area (Å²) in [5.41, 5.74) is 0. The largest absolute Gasteiger partial charge is 0.348 e. The molecule has 0 radical (unpaired) electrons. The van der Waals surface area contributed by atoms with Crippen molar-refractivity contribution in [1.29, 1.82) is 5.26 Å². The van der Waals surface area contributed by atoms with Crippen LogP contribution in [0.3, 0.4) is 0 Å². The third-order valence-electron chi connectivity index (χ3n) is 4.06.